The van der Waals surface area contributed by atoms with Crippen LogP contribution in [0.5, 0.6) is 0 Å². The van der Waals surface area contributed by atoms with Crippen LogP contribution in [0.15, 0.2) is 12.1 Å². The first kappa shape index (κ1) is 20.8. The van der Waals surface area contributed by atoms with E-state index in [2.05, 4.69) is 19.9 Å². The van der Waals surface area contributed by atoms with Crippen LogP contribution in [0, 0.1) is 13.8 Å². The van der Waals surface area contributed by atoms with E-state index < -0.39 is 18.0 Å². The summed E-state index contributed by atoms with van der Waals surface area (Å²) in [5, 5.41) is 0. The van der Waals surface area contributed by atoms with Crippen LogP contribution in [0.25, 0.3) is 0 Å². The average Bonchev–Trinajstić information content (AvgIpc) is 3.05. The molecule has 32 heavy (non-hydrogen) atoms. The third-order valence-corrected chi connectivity index (χ3v) is 6.00. The Morgan fingerprint density at radius 1 is 1.06 bits per heavy atom. The molecule has 0 aliphatic carbocycles. The Morgan fingerprint density at radius 3 is 2.47 bits per heavy atom. The fourth-order valence-corrected chi connectivity index (χ4v) is 4.20. The van der Waals surface area contributed by atoms with Crippen molar-refractivity contribution in [2.45, 2.75) is 45.6 Å². The summed E-state index contributed by atoms with van der Waals surface area (Å²) in [6.45, 7) is 6.73. The van der Waals surface area contributed by atoms with E-state index in [1.165, 1.54) is 6.92 Å². The van der Waals surface area contributed by atoms with E-state index in [4.69, 9.17) is 4.74 Å². The highest BCUT2D eigenvalue weighted by atomic mass is 19.4. The number of hydrogen-bond acceptors (Lipinski definition) is 7. The number of aryl methyl sites for hydroxylation is 2. The number of hydrogen-bond donors (Lipinski definition) is 0. The summed E-state index contributed by atoms with van der Waals surface area (Å²) in [5.41, 5.74) is 1.61. The molecule has 0 saturated carbocycles. The summed E-state index contributed by atoms with van der Waals surface area (Å²) in [6.07, 6.45) is -4.19. The summed E-state index contributed by atoms with van der Waals surface area (Å²) < 4.78 is 44.7. The molecule has 3 aliphatic rings. The van der Waals surface area contributed by atoms with Crippen molar-refractivity contribution in [2.75, 3.05) is 36.0 Å². The van der Waals surface area contributed by atoms with Crippen LogP contribution in [0.3, 0.4) is 0 Å². The second-order valence-electron chi connectivity index (χ2n) is 8.48. The highest BCUT2D eigenvalue weighted by molar-refractivity contribution is 5.70. The number of halogens is 3. The Hall–Kier alpha value is -3.11. The van der Waals surface area contributed by atoms with Gasteiger partial charge in [0.25, 0.3) is 0 Å². The number of aromatic nitrogens is 3. The molecule has 0 radical (unpaired) electrons. The molecule has 8 nitrogen and oxygen atoms in total. The summed E-state index contributed by atoms with van der Waals surface area (Å²) >= 11 is 0. The molecule has 1 amide bonds. The van der Waals surface area contributed by atoms with Gasteiger partial charge in [-0.3, -0.25) is 4.90 Å². The van der Waals surface area contributed by atoms with Crippen molar-refractivity contribution in [3.63, 3.8) is 0 Å². The van der Waals surface area contributed by atoms with Gasteiger partial charge in [-0.25, -0.2) is 19.7 Å². The zero-order valence-electron chi connectivity index (χ0n) is 17.8. The number of nitrogens with zero attached hydrogens (tertiary/aromatic N) is 6. The summed E-state index contributed by atoms with van der Waals surface area (Å²) in [7, 11) is 0. The van der Waals surface area contributed by atoms with Gasteiger partial charge in [0.15, 0.2) is 0 Å². The Morgan fingerprint density at radius 2 is 1.81 bits per heavy atom. The van der Waals surface area contributed by atoms with Gasteiger partial charge in [-0.2, -0.15) is 13.2 Å². The molecule has 5 rings (SSSR count). The molecule has 2 aromatic rings. The molecule has 0 aromatic carbocycles. The molecule has 0 bridgehead atoms. The number of alkyl halides is 3. The Kier molecular flexibility index (Phi) is 4.86. The SMILES string of the molecule is Cc1cc(N2CC(OC(=O)N3Cc4nc(C)nc(N5CCC5)c4C3)C2)cc(C(F)(F)F)n1. The lowest BCUT2D eigenvalue weighted by Crippen LogP contribution is -2.54. The number of carbonyl (C=O) groups is 1. The van der Waals surface area contributed by atoms with Crippen LogP contribution in [-0.2, 0) is 24.0 Å². The van der Waals surface area contributed by atoms with Gasteiger partial charge in [-0.15, -0.1) is 0 Å². The minimum atomic E-state index is -4.50. The van der Waals surface area contributed by atoms with Gasteiger partial charge in [-0.1, -0.05) is 0 Å². The molecule has 5 heterocycles. The largest absolute Gasteiger partial charge is 0.442 e. The predicted molar refractivity (Wildman–Crippen MR) is 109 cm³/mol. The Bertz CT molecular complexity index is 1070. The van der Waals surface area contributed by atoms with Crippen LogP contribution in [0.2, 0.25) is 0 Å². The molecular weight excluding hydrogens is 425 g/mol. The van der Waals surface area contributed by atoms with Crippen molar-refractivity contribution in [2.24, 2.45) is 0 Å². The highest BCUT2D eigenvalue weighted by Crippen LogP contribution is 2.34. The first-order valence-electron chi connectivity index (χ1n) is 10.5. The fourth-order valence-electron chi connectivity index (χ4n) is 4.20. The van der Waals surface area contributed by atoms with E-state index >= 15 is 0 Å². The normalized spacial score (nSPS) is 18.3. The van der Waals surface area contributed by atoms with Crippen LogP contribution in [0.4, 0.5) is 29.5 Å². The van der Waals surface area contributed by atoms with E-state index in [0.29, 0.717) is 43.4 Å². The van der Waals surface area contributed by atoms with Gasteiger partial charge in [0.05, 0.1) is 31.9 Å². The van der Waals surface area contributed by atoms with E-state index in [9.17, 15) is 18.0 Å². The average molecular weight is 448 g/mol. The molecule has 3 aliphatic heterocycles. The first-order valence-corrected chi connectivity index (χ1v) is 10.5. The van der Waals surface area contributed by atoms with Crippen molar-refractivity contribution in [3.8, 4) is 0 Å². The van der Waals surface area contributed by atoms with Gasteiger partial charge in [-0.05, 0) is 32.4 Å². The van der Waals surface area contributed by atoms with Gasteiger partial charge < -0.3 is 14.5 Å². The second-order valence-corrected chi connectivity index (χ2v) is 8.48. The van der Waals surface area contributed by atoms with Crippen LogP contribution < -0.4 is 9.80 Å². The van der Waals surface area contributed by atoms with Gasteiger partial charge in [0.2, 0.25) is 0 Å². The number of amides is 1. The van der Waals surface area contributed by atoms with Gasteiger partial charge >= 0.3 is 12.3 Å². The molecule has 2 aromatic heterocycles. The van der Waals surface area contributed by atoms with Crippen molar-refractivity contribution in [3.05, 3.63) is 40.6 Å². The van der Waals surface area contributed by atoms with Crippen LogP contribution >= 0.6 is 0 Å². The quantitative estimate of drug-likeness (QED) is 0.715. The molecule has 2 fully saturated rings. The van der Waals surface area contributed by atoms with E-state index in [0.717, 1.165) is 42.7 Å². The Balaban J connectivity index is 1.20. The fraction of sp³-hybridized carbons (Fsp3) is 0.524. The predicted octanol–water partition coefficient (Wildman–Crippen LogP) is 3.06. The Labute approximate surface area is 183 Å². The van der Waals surface area contributed by atoms with Gasteiger partial charge in [0, 0.05) is 30.0 Å². The second kappa shape index (κ2) is 7.49. The van der Waals surface area contributed by atoms with E-state index in [-0.39, 0.29) is 6.10 Å². The van der Waals surface area contributed by atoms with Crippen molar-refractivity contribution in [1.29, 1.82) is 0 Å². The minimum absolute atomic E-state index is 0.291. The minimum Gasteiger partial charge on any atom is -0.442 e. The lowest BCUT2D eigenvalue weighted by Gasteiger charge is -2.40. The maximum absolute atomic E-state index is 13.0. The molecular formula is C21H23F3N6O2. The molecule has 0 atom stereocenters. The van der Waals surface area contributed by atoms with Crippen molar-refractivity contribution >= 4 is 17.6 Å². The summed E-state index contributed by atoms with van der Waals surface area (Å²) in [5.74, 6) is 1.58. The summed E-state index contributed by atoms with van der Waals surface area (Å²) in [4.78, 5) is 30.9. The molecule has 0 spiro atoms. The van der Waals surface area contributed by atoms with Crippen LogP contribution in [-0.4, -0.2) is 58.2 Å². The number of rotatable bonds is 3. The van der Waals surface area contributed by atoms with Crippen molar-refractivity contribution < 1.29 is 22.7 Å². The number of ether oxygens (including phenoxy) is 1. The standard InChI is InChI=1S/C21H23F3N6O2/c1-12-6-14(7-18(25-12)21(22,23)24)29-8-15(9-29)32-20(31)30-10-16-17(11-30)26-13(2)27-19(16)28-4-3-5-28/h6-7,15H,3-5,8-11H2,1-2H3. The molecule has 0 N–H and O–H groups in total. The van der Waals surface area contributed by atoms with Crippen LogP contribution in [0.1, 0.15) is 34.9 Å². The monoisotopic (exact) mass is 448 g/mol. The topological polar surface area (TPSA) is 74.7 Å². The number of carbonyl (C=O) groups excluding carboxylic acids is 1. The third kappa shape index (κ3) is 3.80. The third-order valence-electron chi connectivity index (χ3n) is 6.00. The maximum atomic E-state index is 13.0. The first-order chi connectivity index (χ1) is 15.2. The number of pyridine rings is 1. The zero-order valence-corrected chi connectivity index (χ0v) is 17.8. The summed E-state index contributed by atoms with van der Waals surface area (Å²) in [6, 6.07) is 2.63. The maximum Gasteiger partial charge on any atom is 0.433 e. The molecule has 2 saturated heterocycles. The highest BCUT2D eigenvalue weighted by Gasteiger charge is 2.38. The smallest absolute Gasteiger partial charge is 0.433 e. The van der Waals surface area contributed by atoms with Crippen molar-refractivity contribution in [1.82, 2.24) is 19.9 Å². The molecule has 170 valence electrons. The number of fused-ring (bicyclic) bond motifs is 1. The lowest BCUT2D eigenvalue weighted by atomic mass is 10.1. The lowest BCUT2D eigenvalue weighted by molar-refractivity contribution is -0.141. The number of anilines is 2. The van der Waals surface area contributed by atoms with Gasteiger partial charge in [0.1, 0.15) is 23.4 Å². The zero-order chi connectivity index (χ0) is 22.6. The van der Waals surface area contributed by atoms with E-state index in [1.54, 1.807) is 15.9 Å². The molecule has 11 heteroatoms. The van der Waals surface area contributed by atoms with E-state index in [1.807, 2.05) is 6.92 Å². The molecule has 0 unspecified atom stereocenters.